The first-order valence-corrected chi connectivity index (χ1v) is 5.71. The molecule has 15 heavy (non-hydrogen) atoms. The number of nitrogens with one attached hydrogen (secondary N) is 1. The van der Waals surface area contributed by atoms with E-state index in [9.17, 15) is 0 Å². The molecule has 0 saturated carbocycles. The predicted molar refractivity (Wildman–Crippen MR) is 60.0 cm³/mol. The van der Waals surface area contributed by atoms with Crippen molar-refractivity contribution >= 4 is 11.3 Å². The van der Waals surface area contributed by atoms with Gasteiger partial charge in [-0.1, -0.05) is 5.16 Å². The predicted octanol–water partition coefficient (Wildman–Crippen LogP) is 1.87. The highest BCUT2D eigenvalue weighted by Gasteiger charge is 2.11. The molecule has 0 fully saturated rings. The standard InChI is InChI=1S/C10H13N3OS/c1-7-4-6-15-9(7)10-12-8(13-14-10)3-5-11-2/h4,6,11H,3,5H2,1-2H3. The van der Waals surface area contributed by atoms with Gasteiger partial charge in [0.15, 0.2) is 5.82 Å². The SMILES string of the molecule is CNCCc1noc(-c2sccc2C)n1. The second kappa shape index (κ2) is 4.55. The number of thiophene rings is 1. The monoisotopic (exact) mass is 223 g/mol. The summed E-state index contributed by atoms with van der Waals surface area (Å²) in [6, 6.07) is 2.05. The minimum absolute atomic E-state index is 0.633. The molecule has 0 saturated heterocycles. The molecule has 0 atom stereocenters. The fourth-order valence-corrected chi connectivity index (χ4v) is 2.12. The zero-order chi connectivity index (χ0) is 10.7. The van der Waals surface area contributed by atoms with Crippen molar-refractivity contribution in [1.29, 1.82) is 0 Å². The number of rotatable bonds is 4. The lowest BCUT2D eigenvalue weighted by Crippen LogP contribution is -2.10. The van der Waals surface area contributed by atoms with E-state index in [0.29, 0.717) is 5.89 Å². The van der Waals surface area contributed by atoms with Gasteiger partial charge in [0.25, 0.3) is 5.89 Å². The van der Waals surface area contributed by atoms with Crippen molar-refractivity contribution in [2.45, 2.75) is 13.3 Å². The van der Waals surface area contributed by atoms with Crippen LogP contribution in [0.4, 0.5) is 0 Å². The topological polar surface area (TPSA) is 51.0 Å². The summed E-state index contributed by atoms with van der Waals surface area (Å²) >= 11 is 1.63. The van der Waals surface area contributed by atoms with Crippen molar-refractivity contribution in [3.8, 4) is 10.8 Å². The molecule has 80 valence electrons. The highest BCUT2D eigenvalue weighted by molar-refractivity contribution is 7.13. The van der Waals surface area contributed by atoms with Crippen LogP contribution in [-0.4, -0.2) is 23.7 Å². The molecule has 0 spiro atoms. The van der Waals surface area contributed by atoms with Crippen LogP contribution in [0.25, 0.3) is 10.8 Å². The number of likely N-dealkylation sites (N-methyl/N-ethyl adjacent to an activating group) is 1. The molecule has 0 radical (unpaired) electrons. The minimum Gasteiger partial charge on any atom is -0.333 e. The number of hydrogen-bond acceptors (Lipinski definition) is 5. The van der Waals surface area contributed by atoms with Crippen molar-refractivity contribution in [3.63, 3.8) is 0 Å². The maximum Gasteiger partial charge on any atom is 0.268 e. The first-order valence-electron chi connectivity index (χ1n) is 4.83. The van der Waals surface area contributed by atoms with Crippen molar-refractivity contribution in [2.24, 2.45) is 0 Å². The first kappa shape index (κ1) is 10.3. The van der Waals surface area contributed by atoms with Crippen LogP contribution in [0.1, 0.15) is 11.4 Å². The average Bonchev–Trinajstić information content (AvgIpc) is 2.83. The van der Waals surface area contributed by atoms with Gasteiger partial charge in [-0.3, -0.25) is 0 Å². The van der Waals surface area contributed by atoms with Crippen LogP contribution in [0, 0.1) is 6.92 Å². The number of hydrogen-bond donors (Lipinski definition) is 1. The molecule has 2 rings (SSSR count). The summed E-state index contributed by atoms with van der Waals surface area (Å²) in [5.41, 5.74) is 1.18. The zero-order valence-corrected chi connectivity index (χ0v) is 9.60. The molecule has 0 aromatic carbocycles. The van der Waals surface area contributed by atoms with Gasteiger partial charge in [-0.25, -0.2) is 0 Å². The highest BCUT2D eigenvalue weighted by atomic mass is 32.1. The molecular weight excluding hydrogens is 210 g/mol. The normalized spacial score (nSPS) is 10.8. The smallest absolute Gasteiger partial charge is 0.268 e. The summed E-state index contributed by atoms with van der Waals surface area (Å²) in [4.78, 5) is 5.41. The quantitative estimate of drug-likeness (QED) is 0.859. The summed E-state index contributed by atoms with van der Waals surface area (Å²) < 4.78 is 5.21. The Balaban J connectivity index is 2.17. The van der Waals surface area contributed by atoms with Gasteiger partial charge in [-0.15, -0.1) is 11.3 Å². The zero-order valence-electron chi connectivity index (χ0n) is 8.78. The van der Waals surface area contributed by atoms with Gasteiger partial charge in [0, 0.05) is 13.0 Å². The third-order valence-corrected chi connectivity index (χ3v) is 3.13. The van der Waals surface area contributed by atoms with E-state index in [1.807, 2.05) is 19.4 Å². The maximum atomic E-state index is 5.21. The molecule has 0 aliphatic carbocycles. The minimum atomic E-state index is 0.633. The number of aryl methyl sites for hydroxylation is 1. The first-order chi connectivity index (χ1) is 7.31. The molecule has 0 unspecified atom stereocenters. The van der Waals surface area contributed by atoms with Gasteiger partial charge in [-0.05, 0) is 31.0 Å². The van der Waals surface area contributed by atoms with E-state index >= 15 is 0 Å². The van der Waals surface area contributed by atoms with Crippen LogP contribution in [0.2, 0.25) is 0 Å². The molecule has 2 aromatic rings. The molecule has 0 bridgehead atoms. The van der Waals surface area contributed by atoms with Crippen LogP contribution in [0.3, 0.4) is 0 Å². The third-order valence-electron chi connectivity index (χ3n) is 2.12. The molecule has 4 nitrogen and oxygen atoms in total. The largest absolute Gasteiger partial charge is 0.333 e. The summed E-state index contributed by atoms with van der Waals surface area (Å²) in [6.07, 6.45) is 0.796. The summed E-state index contributed by atoms with van der Waals surface area (Å²) in [6.45, 7) is 2.91. The molecule has 0 aliphatic heterocycles. The Kier molecular flexibility index (Phi) is 3.13. The Morgan fingerprint density at radius 1 is 1.53 bits per heavy atom. The molecule has 2 aromatic heterocycles. The summed E-state index contributed by atoms with van der Waals surface area (Å²) in [7, 11) is 1.91. The van der Waals surface area contributed by atoms with E-state index in [0.717, 1.165) is 23.7 Å². The van der Waals surface area contributed by atoms with Crippen molar-refractivity contribution in [3.05, 3.63) is 22.8 Å². The van der Waals surface area contributed by atoms with Gasteiger partial charge < -0.3 is 9.84 Å². The molecular formula is C10H13N3OS. The van der Waals surface area contributed by atoms with E-state index in [1.54, 1.807) is 11.3 Å². The van der Waals surface area contributed by atoms with E-state index in [2.05, 4.69) is 21.5 Å². The Morgan fingerprint density at radius 2 is 2.40 bits per heavy atom. The molecule has 5 heteroatoms. The Labute approximate surface area is 92.3 Å². The fourth-order valence-electron chi connectivity index (χ4n) is 1.28. The highest BCUT2D eigenvalue weighted by Crippen LogP contribution is 2.27. The van der Waals surface area contributed by atoms with Gasteiger partial charge >= 0.3 is 0 Å². The van der Waals surface area contributed by atoms with E-state index in [4.69, 9.17) is 4.52 Å². The van der Waals surface area contributed by atoms with Crippen LogP contribution in [0.15, 0.2) is 16.0 Å². The van der Waals surface area contributed by atoms with Gasteiger partial charge in [0.2, 0.25) is 0 Å². The second-order valence-electron chi connectivity index (χ2n) is 3.30. The molecule has 2 heterocycles. The van der Waals surface area contributed by atoms with Crippen molar-refractivity contribution < 1.29 is 4.52 Å². The van der Waals surface area contributed by atoms with Gasteiger partial charge in [-0.2, -0.15) is 4.98 Å². The van der Waals surface area contributed by atoms with Gasteiger partial charge in [0.1, 0.15) is 0 Å². The third kappa shape index (κ3) is 2.24. The van der Waals surface area contributed by atoms with Crippen LogP contribution < -0.4 is 5.32 Å². The molecule has 1 N–H and O–H groups in total. The van der Waals surface area contributed by atoms with Crippen molar-refractivity contribution in [2.75, 3.05) is 13.6 Å². The summed E-state index contributed by atoms with van der Waals surface area (Å²) in [5, 5.41) is 9.01. The van der Waals surface area contributed by atoms with E-state index < -0.39 is 0 Å². The Morgan fingerprint density at radius 3 is 3.07 bits per heavy atom. The van der Waals surface area contributed by atoms with E-state index in [1.165, 1.54) is 5.56 Å². The van der Waals surface area contributed by atoms with Crippen LogP contribution >= 0.6 is 11.3 Å². The Bertz CT molecular complexity index is 435. The lowest BCUT2D eigenvalue weighted by atomic mass is 10.3. The molecule has 0 amide bonds. The maximum absolute atomic E-state index is 5.21. The van der Waals surface area contributed by atoms with Crippen LogP contribution in [-0.2, 0) is 6.42 Å². The van der Waals surface area contributed by atoms with E-state index in [-0.39, 0.29) is 0 Å². The average molecular weight is 223 g/mol. The lowest BCUT2D eigenvalue weighted by Gasteiger charge is -1.91. The lowest BCUT2D eigenvalue weighted by molar-refractivity contribution is 0.422. The number of aromatic nitrogens is 2. The molecule has 0 aliphatic rings. The summed E-state index contributed by atoms with van der Waals surface area (Å²) in [5.74, 6) is 1.39. The van der Waals surface area contributed by atoms with Crippen LogP contribution in [0.5, 0.6) is 0 Å². The Hall–Kier alpha value is -1.20. The number of nitrogens with zero attached hydrogens (tertiary/aromatic N) is 2. The van der Waals surface area contributed by atoms with Gasteiger partial charge in [0.05, 0.1) is 4.88 Å². The second-order valence-corrected chi connectivity index (χ2v) is 4.22. The van der Waals surface area contributed by atoms with Crippen molar-refractivity contribution in [1.82, 2.24) is 15.5 Å². The fraction of sp³-hybridized carbons (Fsp3) is 0.400.